The molecule has 0 aliphatic carbocycles. The Hall–Kier alpha value is -4.12. The molecule has 11 heteroatoms. The number of carbonyl (C=O) groups is 2. The van der Waals surface area contributed by atoms with Crippen LogP contribution >= 0.6 is 11.8 Å². The summed E-state index contributed by atoms with van der Waals surface area (Å²) < 4.78 is 18.1. The van der Waals surface area contributed by atoms with Crippen LogP contribution < -0.4 is 4.74 Å². The number of methoxy groups -OCH3 is 1. The zero-order chi connectivity index (χ0) is 27.9. The highest BCUT2D eigenvalue weighted by Crippen LogP contribution is 2.28. The van der Waals surface area contributed by atoms with Crippen molar-refractivity contribution in [2.45, 2.75) is 37.1 Å². The van der Waals surface area contributed by atoms with Crippen LogP contribution in [0.2, 0.25) is 0 Å². The van der Waals surface area contributed by atoms with Crippen LogP contribution in [0.3, 0.4) is 0 Å². The van der Waals surface area contributed by atoms with Gasteiger partial charge in [0.15, 0.2) is 10.9 Å². The largest absolute Gasteiger partial charge is 0.497 e. The molecule has 5 rings (SSSR count). The first-order valence-electron chi connectivity index (χ1n) is 13.2. The molecule has 0 N–H and O–H groups in total. The number of ether oxygens (including phenoxy) is 2. The van der Waals surface area contributed by atoms with E-state index in [4.69, 9.17) is 13.9 Å². The minimum absolute atomic E-state index is 0.224. The van der Waals surface area contributed by atoms with E-state index in [-0.39, 0.29) is 23.5 Å². The van der Waals surface area contributed by atoms with Crippen molar-refractivity contribution in [2.75, 3.05) is 26.8 Å². The van der Waals surface area contributed by atoms with Crippen LogP contribution in [0.1, 0.15) is 47.5 Å². The molecule has 0 saturated carbocycles. The number of carbonyl (C=O) groups excluding carboxylic acids is 2. The van der Waals surface area contributed by atoms with Crippen molar-refractivity contribution in [3.63, 3.8) is 0 Å². The van der Waals surface area contributed by atoms with Gasteiger partial charge >= 0.3 is 5.97 Å². The lowest BCUT2D eigenvalue weighted by molar-refractivity contribution is -0.149. The van der Waals surface area contributed by atoms with E-state index in [1.165, 1.54) is 18.0 Å². The summed E-state index contributed by atoms with van der Waals surface area (Å²) in [6, 6.07) is 17.8. The molecule has 0 radical (unpaired) electrons. The second-order valence-corrected chi connectivity index (χ2v) is 10.3. The van der Waals surface area contributed by atoms with Gasteiger partial charge < -0.3 is 18.8 Å². The molecular formula is C29H31N5O5S. The monoisotopic (exact) mass is 561 g/mol. The summed E-state index contributed by atoms with van der Waals surface area (Å²) in [5, 5.41) is 9.62. The average molecular weight is 562 g/mol. The highest BCUT2D eigenvalue weighted by molar-refractivity contribution is 7.98. The Morgan fingerprint density at radius 3 is 2.65 bits per heavy atom. The Balaban J connectivity index is 1.30. The molecule has 1 amide bonds. The first-order chi connectivity index (χ1) is 19.6. The third-order valence-electron chi connectivity index (χ3n) is 6.66. The number of likely N-dealkylation sites (tertiary alicyclic amines) is 1. The van der Waals surface area contributed by atoms with E-state index in [0.717, 1.165) is 29.2 Å². The van der Waals surface area contributed by atoms with E-state index in [1.807, 2.05) is 47.0 Å². The lowest BCUT2D eigenvalue weighted by Crippen LogP contribution is -2.43. The van der Waals surface area contributed by atoms with E-state index in [1.54, 1.807) is 18.9 Å². The van der Waals surface area contributed by atoms with Crippen molar-refractivity contribution in [1.29, 1.82) is 0 Å². The zero-order valence-corrected chi connectivity index (χ0v) is 23.3. The number of oxazole rings is 1. The quantitative estimate of drug-likeness (QED) is 0.203. The second kappa shape index (κ2) is 12.8. The van der Waals surface area contributed by atoms with Gasteiger partial charge in [0.05, 0.1) is 25.4 Å². The molecule has 3 heterocycles. The standard InChI is InChI=1S/C29H31N5O5S/c1-3-38-28(36)21-10-7-15-33(17-21)27(35)24-18-39-26(30-24)19-40-29-32-31-25(16-20-8-5-4-6-9-20)34(29)22-11-13-23(37-2)14-12-22/h4-6,8-9,11-14,18,21H,3,7,10,15-17,19H2,1-2H3. The van der Waals surface area contributed by atoms with E-state index < -0.39 is 0 Å². The summed E-state index contributed by atoms with van der Waals surface area (Å²) in [5.41, 5.74) is 2.25. The second-order valence-electron chi connectivity index (χ2n) is 9.35. The van der Waals surface area contributed by atoms with Crippen molar-refractivity contribution < 1.29 is 23.5 Å². The van der Waals surface area contributed by atoms with Gasteiger partial charge in [-0.25, -0.2) is 4.98 Å². The van der Waals surface area contributed by atoms with Crippen molar-refractivity contribution in [2.24, 2.45) is 5.92 Å². The minimum atomic E-state index is -0.311. The normalized spacial score (nSPS) is 15.2. The van der Waals surface area contributed by atoms with E-state index in [0.29, 0.717) is 49.3 Å². The van der Waals surface area contributed by atoms with Crippen molar-refractivity contribution >= 4 is 23.6 Å². The molecule has 208 valence electrons. The lowest BCUT2D eigenvalue weighted by atomic mass is 9.98. The third-order valence-corrected chi connectivity index (χ3v) is 7.57. The summed E-state index contributed by atoms with van der Waals surface area (Å²) in [6.07, 6.45) is 3.44. The molecule has 1 unspecified atom stereocenters. The number of hydrogen-bond acceptors (Lipinski definition) is 9. The number of aromatic nitrogens is 4. The molecule has 2 aromatic carbocycles. The maximum atomic E-state index is 13.1. The van der Waals surface area contributed by atoms with E-state index in [2.05, 4.69) is 27.3 Å². The molecule has 2 aromatic heterocycles. The Kier molecular flexibility index (Phi) is 8.80. The fourth-order valence-electron chi connectivity index (χ4n) is 4.66. The fourth-order valence-corrected chi connectivity index (χ4v) is 5.48. The van der Waals surface area contributed by atoms with Gasteiger partial charge in [-0.05, 0) is 49.6 Å². The molecule has 4 aromatic rings. The minimum Gasteiger partial charge on any atom is -0.497 e. The van der Waals surface area contributed by atoms with Gasteiger partial charge in [-0.15, -0.1) is 10.2 Å². The smallest absolute Gasteiger partial charge is 0.310 e. The van der Waals surface area contributed by atoms with Crippen molar-refractivity contribution in [3.8, 4) is 11.4 Å². The summed E-state index contributed by atoms with van der Waals surface area (Å²) in [7, 11) is 1.63. The maximum absolute atomic E-state index is 13.1. The zero-order valence-electron chi connectivity index (χ0n) is 22.5. The first kappa shape index (κ1) is 27.4. The molecule has 40 heavy (non-hydrogen) atoms. The number of amides is 1. The number of benzene rings is 2. The van der Waals surface area contributed by atoms with E-state index in [9.17, 15) is 9.59 Å². The van der Waals surface area contributed by atoms with E-state index >= 15 is 0 Å². The van der Waals surface area contributed by atoms with Crippen LogP contribution in [-0.2, 0) is 21.7 Å². The summed E-state index contributed by atoms with van der Waals surface area (Å²) in [5.74, 6) is 1.50. The highest BCUT2D eigenvalue weighted by atomic mass is 32.2. The first-order valence-corrected chi connectivity index (χ1v) is 14.2. The van der Waals surface area contributed by atoms with Gasteiger partial charge in [0.25, 0.3) is 5.91 Å². The van der Waals surface area contributed by atoms with Crippen LogP contribution in [0.5, 0.6) is 5.75 Å². The number of nitrogens with zero attached hydrogens (tertiary/aromatic N) is 5. The van der Waals surface area contributed by atoms with Crippen LogP contribution in [0, 0.1) is 5.92 Å². The predicted molar refractivity (Wildman–Crippen MR) is 148 cm³/mol. The highest BCUT2D eigenvalue weighted by Gasteiger charge is 2.31. The Labute approximate surface area is 236 Å². The molecule has 1 aliphatic rings. The molecule has 1 aliphatic heterocycles. The van der Waals surface area contributed by atoms with Gasteiger partial charge in [0, 0.05) is 25.2 Å². The number of rotatable bonds is 10. The van der Waals surface area contributed by atoms with Gasteiger partial charge in [-0.1, -0.05) is 42.1 Å². The van der Waals surface area contributed by atoms with Gasteiger partial charge in [0.2, 0.25) is 5.89 Å². The van der Waals surface area contributed by atoms with Crippen LogP contribution in [0.4, 0.5) is 0 Å². The van der Waals surface area contributed by atoms with Crippen LogP contribution in [0.15, 0.2) is 70.4 Å². The third kappa shape index (κ3) is 6.36. The fraction of sp³-hybridized carbons (Fsp3) is 0.345. The number of piperidine rings is 1. The van der Waals surface area contributed by atoms with Gasteiger partial charge in [-0.3, -0.25) is 14.2 Å². The van der Waals surface area contributed by atoms with Crippen LogP contribution in [-0.4, -0.2) is 63.3 Å². The number of thioether (sulfide) groups is 1. The molecular weight excluding hydrogens is 530 g/mol. The Morgan fingerprint density at radius 2 is 1.90 bits per heavy atom. The molecule has 1 atom stereocenters. The molecule has 10 nitrogen and oxygen atoms in total. The number of hydrogen-bond donors (Lipinski definition) is 0. The van der Waals surface area contributed by atoms with Crippen LogP contribution in [0.25, 0.3) is 5.69 Å². The van der Waals surface area contributed by atoms with Crippen molar-refractivity contribution in [3.05, 3.63) is 83.8 Å². The van der Waals surface area contributed by atoms with Gasteiger partial charge in [-0.2, -0.15) is 0 Å². The maximum Gasteiger partial charge on any atom is 0.310 e. The summed E-state index contributed by atoms with van der Waals surface area (Å²) in [6.45, 7) is 3.00. The lowest BCUT2D eigenvalue weighted by Gasteiger charge is -2.30. The molecule has 0 spiro atoms. The Bertz CT molecular complexity index is 1440. The summed E-state index contributed by atoms with van der Waals surface area (Å²) >= 11 is 1.42. The summed E-state index contributed by atoms with van der Waals surface area (Å²) in [4.78, 5) is 31.4. The average Bonchev–Trinajstić information content (AvgIpc) is 3.63. The predicted octanol–water partition coefficient (Wildman–Crippen LogP) is 4.56. The SMILES string of the molecule is CCOC(=O)C1CCCN(C(=O)c2coc(CSc3nnc(Cc4ccccc4)n3-c3ccc(OC)cc3)n2)C1. The van der Waals surface area contributed by atoms with Gasteiger partial charge in [0.1, 0.15) is 17.8 Å². The topological polar surface area (TPSA) is 113 Å². The molecule has 1 fully saturated rings. The molecule has 1 saturated heterocycles. The Morgan fingerprint density at radius 1 is 1.10 bits per heavy atom. The van der Waals surface area contributed by atoms with Crippen molar-refractivity contribution in [1.82, 2.24) is 24.6 Å². The molecule has 0 bridgehead atoms. The number of esters is 1.